The molecule has 0 aliphatic rings. The molecule has 0 aliphatic carbocycles. The summed E-state index contributed by atoms with van der Waals surface area (Å²) in [5.74, 6) is 0. The lowest BCUT2D eigenvalue weighted by atomic mass is 9.44. The molecule has 0 bridgehead atoms. The van der Waals surface area contributed by atoms with Gasteiger partial charge in [-0.1, -0.05) is 0 Å². The molecule has 0 rings (SSSR count). The van der Waals surface area contributed by atoms with Crippen molar-refractivity contribution in [3.8, 4) is 0 Å². The quantitative estimate of drug-likeness (QED) is 0.364. The maximum absolute atomic E-state index is 9.78. The number of rotatable bonds is 3. The normalized spacial score (nSPS) is 18.6. The highest BCUT2D eigenvalue weighted by Gasteiger charge is 2.40. The van der Waals surface area contributed by atoms with E-state index in [1.807, 2.05) is 0 Å². The molecule has 0 aromatic heterocycles. The number of aliphatic hydroxyl groups is 3. The van der Waals surface area contributed by atoms with Crippen LogP contribution in [0.4, 0.5) is 0 Å². The van der Waals surface area contributed by atoms with Gasteiger partial charge in [-0.15, -0.1) is 0 Å². The highest BCUT2D eigenvalue weighted by Crippen LogP contribution is 2.21. The van der Waals surface area contributed by atoms with Crippen molar-refractivity contribution in [3.63, 3.8) is 0 Å². The van der Waals surface area contributed by atoms with Gasteiger partial charge in [-0.05, 0) is 6.42 Å². The monoisotopic (exact) mass is 166 g/mol. The molecule has 3 N–H and O–H groups in total. The summed E-state index contributed by atoms with van der Waals surface area (Å²) in [4.78, 5) is 0. The van der Waals surface area contributed by atoms with Crippen LogP contribution in [0.2, 0.25) is 0 Å². The average Bonchev–Trinajstić information content (AvgIpc) is 1.52. The van der Waals surface area contributed by atoms with Crippen LogP contribution >= 0.6 is 0 Å². The summed E-state index contributed by atoms with van der Waals surface area (Å²) in [6, 6.07) is 0. The summed E-state index contributed by atoms with van der Waals surface area (Å²) in [7, 11) is 7.78. The predicted molar refractivity (Wildman–Crippen MR) is 62.2 cm³/mol. The molecule has 3 nitrogen and oxygen atoms in total. The number of hydrogen-bond donors (Lipinski definition) is 3. The molecule has 0 fully saturated rings. The van der Waals surface area contributed by atoms with E-state index in [-0.39, 0.29) is 6.42 Å². The Bertz CT molecular complexity index is 157. The van der Waals surface area contributed by atoms with Crippen LogP contribution in [0.1, 0.15) is 6.42 Å². The Morgan fingerprint density at radius 1 is 0.833 bits per heavy atom. The van der Waals surface area contributed by atoms with Crippen LogP contribution in [0.15, 0.2) is 0 Å². The first kappa shape index (κ1) is 12.2. The number of hydrogen-bond acceptors (Lipinski definition) is 3. The van der Waals surface area contributed by atoms with Crippen molar-refractivity contribution in [1.29, 1.82) is 0 Å². The van der Waals surface area contributed by atoms with Crippen LogP contribution in [0, 0.1) is 0 Å². The van der Waals surface area contributed by atoms with E-state index < -0.39 is 16.3 Å². The van der Waals surface area contributed by atoms with E-state index in [4.69, 9.17) is 0 Å². The van der Waals surface area contributed by atoms with E-state index in [9.17, 15) is 15.3 Å². The highest BCUT2D eigenvalue weighted by atomic mass is 16.3. The Kier molecular flexibility index (Phi) is 3.22. The second kappa shape index (κ2) is 3.16. The van der Waals surface area contributed by atoms with Crippen molar-refractivity contribution in [1.82, 2.24) is 0 Å². The van der Waals surface area contributed by atoms with E-state index >= 15 is 0 Å². The smallest absolute Gasteiger partial charge is 0.144 e. The molecule has 0 saturated carbocycles. The van der Waals surface area contributed by atoms with Crippen LogP contribution in [0.25, 0.3) is 0 Å². The van der Waals surface area contributed by atoms with E-state index in [0.717, 1.165) is 0 Å². The van der Waals surface area contributed by atoms with Gasteiger partial charge in [-0.25, -0.2) is 0 Å². The zero-order chi connectivity index (χ0) is 10.2. The molecule has 1 unspecified atom stereocenters. The molecular weight excluding hydrogens is 150 g/mol. The second-order valence-corrected chi connectivity index (χ2v) is 4.82. The maximum Gasteiger partial charge on any atom is 0.144 e. The Hall–Kier alpha value is 0.205. The molecule has 0 aromatic carbocycles. The van der Waals surface area contributed by atoms with Crippen molar-refractivity contribution in [2.45, 2.75) is 22.7 Å². The SMILES string of the molecule is BC(B)(O)CC(B)(O)C(B)(B)O. The van der Waals surface area contributed by atoms with Gasteiger partial charge in [0.2, 0.25) is 0 Å². The first-order valence-electron chi connectivity index (χ1n) is 4.13. The van der Waals surface area contributed by atoms with Crippen molar-refractivity contribution in [2.75, 3.05) is 0 Å². The lowest BCUT2D eigenvalue weighted by molar-refractivity contribution is -0.0220. The summed E-state index contributed by atoms with van der Waals surface area (Å²) in [6.45, 7) is 0. The van der Waals surface area contributed by atoms with Gasteiger partial charge in [-0.2, -0.15) is 0 Å². The topological polar surface area (TPSA) is 60.7 Å². The van der Waals surface area contributed by atoms with Crippen LogP contribution in [0.3, 0.4) is 0 Å². The van der Waals surface area contributed by atoms with Gasteiger partial charge in [0.05, 0.1) is 0 Å². The minimum atomic E-state index is -1.27. The van der Waals surface area contributed by atoms with E-state index in [1.165, 1.54) is 23.5 Å². The molecule has 0 spiro atoms. The average molecular weight is 165 g/mol. The van der Waals surface area contributed by atoms with Gasteiger partial charge in [0, 0.05) is 16.3 Å². The van der Waals surface area contributed by atoms with Crippen LogP contribution < -0.4 is 0 Å². The van der Waals surface area contributed by atoms with E-state index in [2.05, 4.69) is 0 Å². The van der Waals surface area contributed by atoms with Crippen LogP contribution in [-0.2, 0) is 0 Å². The van der Waals surface area contributed by atoms with Crippen LogP contribution in [-0.4, -0.2) is 70.9 Å². The summed E-state index contributed by atoms with van der Waals surface area (Å²) < 4.78 is 0. The molecule has 1 atom stereocenters. The van der Waals surface area contributed by atoms with Gasteiger partial charge in [0.1, 0.15) is 39.2 Å². The fourth-order valence-corrected chi connectivity index (χ4v) is 1.06. The third-order valence-electron chi connectivity index (χ3n) is 2.09. The van der Waals surface area contributed by atoms with Gasteiger partial charge in [0.15, 0.2) is 0 Å². The fourth-order valence-electron chi connectivity index (χ4n) is 1.06. The van der Waals surface area contributed by atoms with Crippen molar-refractivity contribution in [2.24, 2.45) is 0 Å². The molecule has 12 heavy (non-hydrogen) atoms. The predicted octanol–water partition coefficient (Wildman–Crippen LogP) is -6.48. The zero-order valence-corrected chi connectivity index (χ0v) is 8.55. The summed E-state index contributed by atoms with van der Waals surface area (Å²) >= 11 is 0. The highest BCUT2D eigenvalue weighted by molar-refractivity contribution is 6.44. The molecule has 0 amide bonds. The lowest BCUT2D eigenvalue weighted by Crippen LogP contribution is -2.59. The Morgan fingerprint density at radius 3 is 1.25 bits per heavy atom. The van der Waals surface area contributed by atoms with Crippen molar-refractivity contribution in [3.05, 3.63) is 0 Å². The summed E-state index contributed by atoms with van der Waals surface area (Å²) in [5, 5.41) is 26.6. The van der Waals surface area contributed by atoms with Crippen LogP contribution in [0.5, 0.6) is 0 Å². The second-order valence-electron chi connectivity index (χ2n) is 4.82. The third kappa shape index (κ3) is 3.74. The minimum absolute atomic E-state index is 0.142. The molecule has 0 aromatic rings. The summed E-state index contributed by atoms with van der Waals surface area (Å²) in [5.41, 5.74) is -1.27. The van der Waals surface area contributed by atoms with Gasteiger partial charge in [-0.3, -0.25) is 0 Å². The Balaban J connectivity index is 4.44. The van der Waals surface area contributed by atoms with Gasteiger partial charge < -0.3 is 15.3 Å². The largest absolute Gasteiger partial charge is 0.408 e. The third-order valence-corrected chi connectivity index (χ3v) is 2.09. The van der Waals surface area contributed by atoms with E-state index in [0.29, 0.717) is 0 Å². The summed E-state index contributed by atoms with van der Waals surface area (Å²) in [6.07, 6.45) is 0.142. The molecule has 64 valence electrons. The molecule has 0 saturated heterocycles. The van der Waals surface area contributed by atoms with Crippen molar-refractivity contribution >= 4 is 39.2 Å². The molecule has 0 heterocycles. The van der Waals surface area contributed by atoms with E-state index in [1.54, 1.807) is 15.7 Å². The lowest BCUT2D eigenvalue weighted by Gasteiger charge is -2.40. The first-order valence-corrected chi connectivity index (χ1v) is 4.13. The van der Waals surface area contributed by atoms with Crippen molar-refractivity contribution < 1.29 is 15.3 Å². The maximum atomic E-state index is 9.78. The standard InChI is InChI=1S/C4H15B5O3/c5-2(10,4(8,9)12)1-3(6,7)11/h10-12H,1,5-9H2. The minimum Gasteiger partial charge on any atom is -0.408 e. The van der Waals surface area contributed by atoms with Gasteiger partial charge >= 0.3 is 0 Å². The Morgan fingerprint density at radius 2 is 1.17 bits per heavy atom. The fraction of sp³-hybridized carbons (Fsp3) is 1.00. The Labute approximate surface area is 78.0 Å². The molecule has 0 aliphatic heterocycles. The van der Waals surface area contributed by atoms with Gasteiger partial charge in [0.25, 0.3) is 0 Å². The molecule has 0 radical (unpaired) electrons. The molecular formula is C4H15B5O3. The first-order chi connectivity index (χ1) is 4.96. The zero-order valence-electron chi connectivity index (χ0n) is 8.55. The molecule has 8 heteroatoms.